The van der Waals surface area contributed by atoms with Crippen molar-refractivity contribution in [2.75, 3.05) is 45.3 Å². The van der Waals surface area contributed by atoms with Crippen LogP contribution in [0.5, 0.6) is 0 Å². The van der Waals surface area contributed by atoms with E-state index in [1.165, 1.54) is 18.3 Å². The number of para-hydroxylation sites is 1. The fourth-order valence-electron chi connectivity index (χ4n) is 2.72. The van der Waals surface area contributed by atoms with Crippen LogP contribution >= 0.6 is 0 Å². The van der Waals surface area contributed by atoms with Gasteiger partial charge in [-0.05, 0) is 24.3 Å². The Morgan fingerprint density at radius 1 is 1.14 bits per heavy atom. The summed E-state index contributed by atoms with van der Waals surface area (Å²) in [5.74, 6) is -0.520. The summed E-state index contributed by atoms with van der Waals surface area (Å²) in [5.41, 5.74) is 6.07. The van der Waals surface area contributed by atoms with Crippen LogP contribution in [-0.4, -0.2) is 63.0 Å². The highest BCUT2D eigenvalue weighted by Gasteiger charge is 2.21. The first-order valence-corrected chi connectivity index (χ1v) is 9.08. The molecule has 9 heteroatoms. The lowest BCUT2D eigenvalue weighted by atomic mass is 10.1. The number of rotatable bonds is 11. The second-order valence-electron chi connectivity index (χ2n) is 6.40. The molecule has 0 aliphatic rings. The molecule has 1 heterocycles. The van der Waals surface area contributed by atoms with Crippen molar-refractivity contribution >= 4 is 23.4 Å². The predicted octanol–water partition coefficient (Wildman–Crippen LogP) is 0.606. The lowest BCUT2D eigenvalue weighted by Gasteiger charge is -2.25. The number of methoxy groups -OCH3 is 1. The van der Waals surface area contributed by atoms with E-state index in [0.717, 1.165) is 0 Å². The number of primary amides is 1. The van der Waals surface area contributed by atoms with Crippen LogP contribution in [0.2, 0.25) is 0 Å². The molecule has 0 saturated heterocycles. The topological polar surface area (TPSA) is 118 Å². The molecule has 1 aromatic heterocycles. The van der Waals surface area contributed by atoms with Gasteiger partial charge in [0.15, 0.2) is 0 Å². The molecule has 0 spiro atoms. The second kappa shape index (κ2) is 11.0. The summed E-state index contributed by atoms with van der Waals surface area (Å²) < 4.78 is 10.2. The molecule has 0 atom stereocenters. The minimum Gasteiger partial charge on any atom is -0.467 e. The molecule has 0 aliphatic heterocycles. The minimum atomic E-state index is -0.533. The van der Waals surface area contributed by atoms with Crippen molar-refractivity contribution in [3.05, 3.63) is 54.0 Å². The van der Waals surface area contributed by atoms with Crippen molar-refractivity contribution in [1.82, 2.24) is 10.2 Å². The highest BCUT2D eigenvalue weighted by molar-refractivity contribution is 6.05. The average molecular weight is 402 g/mol. The molecule has 3 N–H and O–H groups in total. The zero-order valence-electron chi connectivity index (χ0n) is 16.6. The summed E-state index contributed by atoms with van der Waals surface area (Å²) in [6.07, 6.45) is 1.53. The van der Waals surface area contributed by atoms with E-state index in [9.17, 15) is 14.4 Å². The largest absolute Gasteiger partial charge is 0.467 e. The predicted molar refractivity (Wildman–Crippen MR) is 107 cm³/mol. The van der Waals surface area contributed by atoms with Gasteiger partial charge < -0.3 is 25.1 Å². The number of nitrogens with zero attached hydrogens (tertiary/aromatic N) is 2. The molecule has 29 heavy (non-hydrogen) atoms. The van der Waals surface area contributed by atoms with Gasteiger partial charge in [0.25, 0.3) is 5.91 Å². The van der Waals surface area contributed by atoms with Gasteiger partial charge in [-0.25, -0.2) is 0 Å². The maximum Gasteiger partial charge on any atom is 0.253 e. The summed E-state index contributed by atoms with van der Waals surface area (Å²) in [6, 6.07) is 10.3. The van der Waals surface area contributed by atoms with Gasteiger partial charge in [0.1, 0.15) is 5.76 Å². The maximum atomic E-state index is 12.8. The third-order valence-corrected chi connectivity index (χ3v) is 4.24. The second-order valence-corrected chi connectivity index (χ2v) is 6.40. The molecule has 2 aromatic rings. The first-order valence-electron chi connectivity index (χ1n) is 9.08. The molecular formula is C20H26N4O5. The Morgan fingerprint density at radius 3 is 2.55 bits per heavy atom. The monoisotopic (exact) mass is 402 g/mol. The van der Waals surface area contributed by atoms with Crippen molar-refractivity contribution < 1.29 is 23.5 Å². The number of carbonyl (C=O) groups is 3. The molecule has 1 aromatic carbocycles. The van der Waals surface area contributed by atoms with Gasteiger partial charge in [0.2, 0.25) is 11.8 Å². The van der Waals surface area contributed by atoms with Gasteiger partial charge in [-0.15, -0.1) is 0 Å². The Bertz CT molecular complexity index is 822. The van der Waals surface area contributed by atoms with Crippen LogP contribution < -0.4 is 16.0 Å². The zero-order chi connectivity index (χ0) is 21.2. The summed E-state index contributed by atoms with van der Waals surface area (Å²) in [4.78, 5) is 39.6. The molecule has 0 radical (unpaired) electrons. The zero-order valence-corrected chi connectivity index (χ0v) is 16.6. The number of carbonyl (C=O) groups excluding carboxylic acids is 3. The van der Waals surface area contributed by atoms with E-state index in [1.54, 1.807) is 48.3 Å². The number of nitrogens with two attached hydrogens (primary N) is 1. The first-order chi connectivity index (χ1) is 13.9. The van der Waals surface area contributed by atoms with E-state index in [0.29, 0.717) is 30.2 Å². The molecule has 156 valence electrons. The van der Waals surface area contributed by atoms with Crippen LogP contribution in [0.4, 0.5) is 5.69 Å². The number of nitrogens with one attached hydrogen (secondary N) is 1. The number of ether oxygens (including phenoxy) is 1. The van der Waals surface area contributed by atoms with E-state index in [2.05, 4.69) is 5.32 Å². The lowest BCUT2D eigenvalue weighted by Crippen LogP contribution is -2.44. The molecule has 9 nitrogen and oxygen atoms in total. The molecule has 0 saturated carbocycles. The molecule has 0 aliphatic carbocycles. The van der Waals surface area contributed by atoms with Crippen LogP contribution in [0, 0.1) is 0 Å². The van der Waals surface area contributed by atoms with Crippen molar-refractivity contribution in [3.63, 3.8) is 0 Å². The number of anilines is 1. The van der Waals surface area contributed by atoms with Crippen LogP contribution in [0.1, 0.15) is 16.1 Å². The fourth-order valence-corrected chi connectivity index (χ4v) is 2.72. The molecule has 0 unspecified atom stereocenters. The standard InChI is InChI=1S/C20H26N4O5/c1-23(19(26)14-24(9-11-28-2)13-18(21)25)17-8-4-3-7-16(17)20(27)22-12-15-6-5-10-29-15/h3-8,10H,9,11-14H2,1-2H3,(H2,21,25)(H,22,27). The number of benzene rings is 1. The average Bonchev–Trinajstić information content (AvgIpc) is 3.22. The number of amides is 3. The number of likely N-dealkylation sites (N-methyl/N-ethyl adjacent to an activating group) is 1. The van der Waals surface area contributed by atoms with Crippen LogP contribution in [0.3, 0.4) is 0 Å². The number of hydrogen-bond acceptors (Lipinski definition) is 6. The molecule has 2 rings (SSSR count). The Balaban J connectivity index is 2.08. The van der Waals surface area contributed by atoms with Gasteiger partial charge in [0.05, 0.1) is 43.8 Å². The van der Waals surface area contributed by atoms with Gasteiger partial charge in [0, 0.05) is 20.7 Å². The smallest absolute Gasteiger partial charge is 0.253 e. The Hall–Kier alpha value is -3.17. The van der Waals surface area contributed by atoms with E-state index >= 15 is 0 Å². The molecule has 0 bridgehead atoms. The minimum absolute atomic E-state index is 0.0366. The van der Waals surface area contributed by atoms with E-state index in [-0.39, 0.29) is 31.4 Å². The van der Waals surface area contributed by atoms with E-state index in [4.69, 9.17) is 14.9 Å². The lowest BCUT2D eigenvalue weighted by molar-refractivity contribution is -0.122. The van der Waals surface area contributed by atoms with Crippen molar-refractivity contribution in [2.24, 2.45) is 5.73 Å². The summed E-state index contributed by atoms with van der Waals surface area (Å²) in [6.45, 7) is 0.876. The van der Waals surface area contributed by atoms with Gasteiger partial charge in [-0.2, -0.15) is 0 Å². The molecule has 3 amide bonds. The van der Waals surface area contributed by atoms with E-state index in [1.807, 2.05) is 0 Å². The Morgan fingerprint density at radius 2 is 1.90 bits per heavy atom. The van der Waals surface area contributed by atoms with Crippen molar-refractivity contribution in [2.45, 2.75) is 6.54 Å². The molecular weight excluding hydrogens is 376 g/mol. The summed E-state index contributed by atoms with van der Waals surface area (Å²) >= 11 is 0. The van der Waals surface area contributed by atoms with Gasteiger partial charge >= 0.3 is 0 Å². The Labute approximate surface area is 169 Å². The Kier molecular flexibility index (Phi) is 8.38. The fraction of sp³-hybridized carbons (Fsp3) is 0.350. The van der Waals surface area contributed by atoms with Crippen LogP contribution in [0.15, 0.2) is 47.1 Å². The highest BCUT2D eigenvalue weighted by Crippen LogP contribution is 2.20. The first kappa shape index (κ1) is 22.1. The number of furan rings is 1. The van der Waals surface area contributed by atoms with Crippen LogP contribution in [-0.2, 0) is 20.9 Å². The molecule has 0 fully saturated rings. The third kappa shape index (κ3) is 6.74. The third-order valence-electron chi connectivity index (χ3n) is 4.24. The van der Waals surface area contributed by atoms with Crippen molar-refractivity contribution in [1.29, 1.82) is 0 Å². The summed E-state index contributed by atoms with van der Waals surface area (Å²) in [5, 5.41) is 2.77. The quantitative estimate of drug-likeness (QED) is 0.568. The maximum absolute atomic E-state index is 12.8. The normalized spacial score (nSPS) is 10.7. The number of hydrogen-bond donors (Lipinski definition) is 2. The van der Waals surface area contributed by atoms with E-state index < -0.39 is 5.91 Å². The van der Waals surface area contributed by atoms with Crippen molar-refractivity contribution in [3.8, 4) is 0 Å². The van der Waals surface area contributed by atoms with Crippen LogP contribution in [0.25, 0.3) is 0 Å². The van der Waals surface area contributed by atoms with Gasteiger partial charge in [-0.1, -0.05) is 12.1 Å². The SMILES string of the molecule is COCCN(CC(N)=O)CC(=O)N(C)c1ccccc1C(=O)NCc1ccco1. The summed E-state index contributed by atoms with van der Waals surface area (Å²) in [7, 11) is 3.12. The van der Waals surface area contributed by atoms with Gasteiger partial charge in [-0.3, -0.25) is 19.3 Å². The highest BCUT2D eigenvalue weighted by atomic mass is 16.5.